The first-order valence-corrected chi connectivity index (χ1v) is 11.7. The third-order valence-electron chi connectivity index (χ3n) is 6.50. The Morgan fingerprint density at radius 2 is 1.15 bits per heavy atom. The number of carbonyl (C=O) groups excluding carboxylic acids is 1. The molecule has 172 valence electrons. The quantitative estimate of drug-likeness (QED) is 0.258. The minimum Gasteiger partial charge on any atom is -0.457 e. The monoisotopic (exact) mass is 449 g/mol. The van der Waals surface area contributed by atoms with Crippen LogP contribution in [0, 0.1) is 0 Å². The van der Waals surface area contributed by atoms with Crippen LogP contribution in [0.25, 0.3) is 0 Å². The van der Waals surface area contributed by atoms with Crippen molar-refractivity contribution in [3.8, 4) is 11.5 Å². The molecule has 0 radical (unpaired) electrons. The standard InChI is InChI=1S/C31H31NO2/c1-24(32(2)3)23-31(26-13-7-4-8-14-26,27-15-9-5-10-16-27)30(33)25-19-21-29(22-20-25)34-28-17-11-6-12-18-28/h4-22,24H,23H2,1-3H3/t24-/m0/s1. The van der Waals surface area contributed by atoms with Crippen molar-refractivity contribution in [1.29, 1.82) is 0 Å². The molecule has 4 aromatic carbocycles. The molecule has 3 nitrogen and oxygen atoms in total. The maximum absolute atomic E-state index is 14.4. The van der Waals surface area contributed by atoms with Crippen molar-refractivity contribution in [1.82, 2.24) is 4.90 Å². The van der Waals surface area contributed by atoms with Gasteiger partial charge in [-0.05, 0) is 75.0 Å². The number of benzene rings is 4. The van der Waals surface area contributed by atoms with E-state index in [0.717, 1.165) is 16.9 Å². The number of hydrogen-bond donors (Lipinski definition) is 0. The van der Waals surface area contributed by atoms with Gasteiger partial charge in [0.25, 0.3) is 0 Å². The van der Waals surface area contributed by atoms with E-state index in [4.69, 9.17) is 4.74 Å². The molecule has 0 aliphatic heterocycles. The van der Waals surface area contributed by atoms with Gasteiger partial charge in [0, 0.05) is 11.6 Å². The van der Waals surface area contributed by atoms with Crippen LogP contribution in [0.4, 0.5) is 0 Å². The van der Waals surface area contributed by atoms with E-state index >= 15 is 0 Å². The number of para-hydroxylation sites is 1. The zero-order chi connectivity index (χ0) is 24.0. The summed E-state index contributed by atoms with van der Waals surface area (Å²) in [6, 6.07) is 37.7. The van der Waals surface area contributed by atoms with Crippen molar-refractivity contribution in [2.24, 2.45) is 0 Å². The Labute approximate surface area is 202 Å². The van der Waals surface area contributed by atoms with Gasteiger partial charge in [-0.25, -0.2) is 0 Å². The van der Waals surface area contributed by atoms with Gasteiger partial charge in [-0.15, -0.1) is 0 Å². The first-order chi connectivity index (χ1) is 16.5. The van der Waals surface area contributed by atoms with E-state index < -0.39 is 5.41 Å². The SMILES string of the molecule is C[C@@H](CC(C(=O)c1ccc(Oc2ccccc2)cc1)(c1ccccc1)c1ccccc1)N(C)C. The topological polar surface area (TPSA) is 29.5 Å². The Bertz CT molecular complexity index is 1150. The lowest BCUT2D eigenvalue weighted by atomic mass is 9.66. The Hall–Kier alpha value is -3.69. The molecule has 0 saturated carbocycles. The molecule has 0 fully saturated rings. The Morgan fingerprint density at radius 3 is 1.62 bits per heavy atom. The lowest BCUT2D eigenvalue weighted by Crippen LogP contribution is -2.43. The predicted octanol–water partition coefficient (Wildman–Crippen LogP) is 6.99. The first kappa shape index (κ1) is 23.5. The fraction of sp³-hybridized carbons (Fsp3) is 0.194. The van der Waals surface area contributed by atoms with E-state index in [2.05, 4.69) is 50.2 Å². The van der Waals surface area contributed by atoms with Gasteiger partial charge in [-0.2, -0.15) is 0 Å². The summed E-state index contributed by atoms with van der Waals surface area (Å²) in [6.45, 7) is 2.17. The normalized spacial score (nSPS) is 12.4. The average Bonchev–Trinajstić information content (AvgIpc) is 2.89. The molecule has 0 amide bonds. The third-order valence-corrected chi connectivity index (χ3v) is 6.50. The van der Waals surface area contributed by atoms with Gasteiger partial charge in [0.15, 0.2) is 5.78 Å². The Balaban J connectivity index is 1.78. The molecule has 0 unspecified atom stereocenters. The molecule has 3 heteroatoms. The minimum atomic E-state index is -0.811. The lowest BCUT2D eigenvalue weighted by Gasteiger charge is -2.38. The smallest absolute Gasteiger partial charge is 0.177 e. The summed E-state index contributed by atoms with van der Waals surface area (Å²) in [6.07, 6.45) is 0.662. The predicted molar refractivity (Wildman–Crippen MR) is 139 cm³/mol. The highest BCUT2D eigenvalue weighted by Crippen LogP contribution is 2.41. The fourth-order valence-corrected chi connectivity index (χ4v) is 4.37. The van der Waals surface area contributed by atoms with Gasteiger partial charge in [-0.3, -0.25) is 4.79 Å². The van der Waals surface area contributed by atoms with Gasteiger partial charge in [-0.1, -0.05) is 78.9 Å². The van der Waals surface area contributed by atoms with Crippen molar-refractivity contribution >= 4 is 5.78 Å². The zero-order valence-electron chi connectivity index (χ0n) is 20.0. The third kappa shape index (κ3) is 4.95. The maximum atomic E-state index is 14.4. The summed E-state index contributed by atoms with van der Waals surface area (Å²) in [5, 5.41) is 0. The second kappa shape index (κ2) is 10.5. The summed E-state index contributed by atoms with van der Waals surface area (Å²) in [5.41, 5.74) is 1.86. The van der Waals surface area contributed by atoms with Crippen molar-refractivity contribution in [3.05, 3.63) is 132 Å². The van der Waals surface area contributed by atoms with Gasteiger partial charge in [0.2, 0.25) is 0 Å². The van der Waals surface area contributed by atoms with E-state index in [9.17, 15) is 4.79 Å². The van der Waals surface area contributed by atoms with Crippen LogP contribution in [0.15, 0.2) is 115 Å². The minimum absolute atomic E-state index is 0.0878. The van der Waals surface area contributed by atoms with Crippen LogP contribution in [0.1, 0.15) is 34.8 Å². The van der Waals surface area contributed by atoms with Gasteiger partial charge < -0.3 is 9.64 Å². The molecule has 0 aliphatic carbocycles. The number of nitrogens with zero attached hydrogens (tertiary/aromatic N) is 1. The van der Waals surface area contributed by atoms with Crippen LogP contribution in [0.2, 0.25) is 0 Å². The van der Waals surface area contributed by atoms with Crippen molar-refractivity contribution < 1.29 is 9.53 Å². The average molecular weight is 450 g/mol. The number of Topliss-reactive ketones (excluding diaryl/α,β-unsaturated/α-hetero) is 1. The van der Waals surface area contributed by atoms with E-state index in [0.29, 0.717) is 17.7 Å². The van der Waals surface area contributed by atoms with E-state index in [1.807, 2.05) is 91.0 Å². The number of ketones is 1. The van der Waals surface area contributed by atoms with Crippen LogP contribution >= 0.6 is 0 Å². The Kier molecular flexibility index (Phi) is 7.24. The van der Waals surface area contributed by atoms with Crippen LogP contribution in [0.3, 0.4) is 0 Å². The molecule has 4 rings (SSSR count). The van der Waals surface area contributed by atoms with Crippen molar-refractivity contribution in [2.75, 3.05) is 14.1 Å². The highest BCUT2D eigenvalue weighted by Gasteiger charge is 2.43. The molecule has 0 spiro atoms. The van der Waals surface area contributed by atoms with Crippen LogP contribution in [-0.4, -0.2) is 30.8 Å². The van der Waals surface area contributed by atoms with E-state index in [1.54, 1.807) is 0 Å². The molecular weight excluding hydrogens is 418 g/mol. The van der Waals surface area contributed by atoms with Gasteiger partial charge in [0.1, 0.15) is 11.5 Å². The molecular formula is C31H31NO2. The summed E-state index contributed by atoms with van der Waals surface area (Å²) >= 11 is 0. The molecule has 1 atom stereocenters. The molecule has 0 aliphatic rings. The molecule has 0 saturated heterocycles. The first-order valence-electron chi connectivity index (χ1n) is 11.7. The number of carbonyl (C=O) groups is 1. The highest BCUT2D eigenvalue weighted by atomic mass is 16.5. The summed E-state index contributed by atoms with van der Waals surface area (Å²) in [5.74, 6) is 1.56. The van der Waals surface area contributed by atoms with Crippen molar-refractivity contribution in [2.45, 2.75) is 24.8 Å². The molecule has 34 heavy (non-hydrogen) atoms. The van der Waals surface area contributed by atoms with Crippen LogP contribution in [-0.2, 0) is 5.41 Å². The summed E-state index contributed by atoms with van der Waals surface area (Å²) in [4.78, 5) is 16.6. The molecule has 0 N–H and O–H groups in total. The number of ether oxygens (including phenoxy) is 1. The second-order valence-electron chi connectivity index (χ2n) is 8.92. The van der Waals surface area contributed by atoms with Crippen molar-refractivity contribution in [3.63, 3.8) is 0 Å². The molecule has 4 aromatic rings. The summed E-state index contributed by atoms with van der Waals surface area (Å²) in [7, 11) is 4.12. The number of rotatable bonds is 9. The highest BCUT2D eigenvalue weighted by molar-refractivity contribution is 6.06. The fourth-order valence-electron chi connectivity index (χ4n) is 4.37. The molecule has 0 bridgehead atoms. The summed E-state index contributed by atoms with van der Waals surface area (Å²) < 4.78 is 5.95. The lowest BCUT2D eigenvalue weighted by molar-refractivity contribution is 0.0882. The largest absolute Gasteiger partial charge is 0.457 e. The van der Waals surface area contributed by atoms with E-state index in [1.165, 1.54) is 0 Å². The number of hydrogen-bond acceptors (Lipinski definition) is 3. The van der Waals surface area contributed by atoms with Crippen LogP contribution < -0.4 is 4.74 Å². The second-order valence-corrected chi connectivity index (χ2v) is 8.92. The van der Waals surface area contributed by atoms with Gasteiger partial charge >= 0.3 is 0 Å². The van der Waals surface area contributed by atoms with E-state index in [-0.39, 0.29) is 11.8 Å². The van der Waals surface area contributed by atoms with Crippen LogP contribution in [0.5, 0.6) is 11.5 Å². The Morgan fingerprint density at radius 1 is 0.706 bits per heavy atom. The zero-order valence-corrected chi connectivity index (χ0v) is 20.0. The molecule has 0 heterocycles. The maximum Gasteiger partial charge on any atom is 0.177 e. The van der Waals surface area contributed by atoms with Gasteiger partial charge in [0.05, 0.1) is 5.41 Å². The molecule has 0 aromatic heterocycles.